The fourth-order valence-electron chi connectivity index (χ4n) is 3.84. The Morgan fingerprint density at radius 3 is 2.86 bits per heavy atom. The molecule has 1 atom stereocenters. The fourth-order valence-corrected chi connectivity index (χ4v) is 3.84. The van der Waals surface area contributed by atoms with Crippen molar-refractivity contribution in [1.29, 1.82) is 0 Å². The molecule has 2 aliphatic rings. The van der Waals surface area contributed by atoms with Gasteiger partial charge in [0.2, 0.25) is 0 Å². The monoisotopic (exact) mass is 290 g/mol. The van der Waals surface area contributed by atoms with Gasteiger partial charge in [0.05, 0.1) is 11.7 Å². The summed E-state index contributed by atoms with van der Waals surface area (Å²) >= 11 is 0. The lowest BCUT2D eigenvalue weighted by Gasteiger charge is -2.24. The van der Waals surface area contributed by atoms with Crippen molar-refractivity contribution in [2.75, 3.05) is 19.6 Å². The zero-order chi connectivity index (χ0) is 14.5. The van der Waals surface area contributed by atoms with Crippen LogP contribution in [0.4, 0.5) is 0 Å². The van der Waals surface area contributed by atoms with E-state index in [1.165, 1.54) is 70.3 Å². The van der Waals surface area contributed by atoms with Gasteiger partial charge in [-0.2, -0.15) is 5.10 Å². The van der Waals surface area contributed by atoms with E-state index in [4.69, 9.17) is 5.10 Å². The van der Waals surface area contributed by atoms with Gasteiger partial charge in [-0.05, 0) is 51.3 Å². The minimum absolute atomic E-state index is 0.662. The minimum atomic E-state index is 0.662. The lowest BCUT2D eigenvalue weighted by molar-refractivity contribution is 0.237. The Labute approximate surface area is 128 Å². The molecule has 2 fully saturated rings. The Morgan fingerprint density at radius 1 is 1.29 bits per heavy atom. The normalized spacial score (nSPS) is 23.4. The van der Waals surface area contributed by atoms with E-state index in [0.717, 1.165) is 6.54 Å². The fraction of sp³-hybridized carbons (Fsp3) is 0.824. The Kier molecular flexibility index (Phi) is 5.31. The highest BCUT2D eigenvalue weighted by molar-refractivity contribution is 5.00. The van der Waals surface area contributed by atoms with Gasteiger partial charge in [0, 0.05) is 25.3 Å². The van der Waals surface area contributed by atoms with Crippen molar-refractivity contribution in [3.63, 3.8) is 0 Å². The maximum Gasteiger partial charge on any atom is 0.0764 e. The molecule has 1 aromatic heterocycles. The van der Waals surface area contributed by atoms with E-state index in [-0.39, 0.29) is 0 Å². The number of aromatic nitrogens is 2. The summed E-state index contributed by atoms with van der Waals surface area (Å²) in [4.78, 5) is 2.57. The molecule has 1 saturated heterocycles. The van der Waals surface area contributed by atoms with E-state index in [9.17, 15) is 0 Å². The summed E-state index contributed by atoms with van der Waals surface area (Å²) < 4.78 is 2.22. The summed E-state index contributed by atoms with van der Waals surface area (Å²) in [7, 11) is 0. The summed E-state index contributed by atoms with van der Waals surface area (Å²) in [5.74, 6) is 0. The minimum Gasteiger partial charge on any atom is -0.313 e. The second-order valence-electron chi connectivity index (χ2n) is 6.75. The molecule has 1 aromatic rings. The van der Waals surface area contributed by atoms with Crippen molar-refractivity contribution in [2.24, 2.45) is 0 Å². The summed E-state index contributed by atoms with van der Waals surface area (Å²) in [6.07, 6.45) is 11.4. The predicted molar refractivity (Wildman–Crippen MR) is 86.3 cm³/mol. The van der Waals surface area contributed by atoms with Crippen LogP contribution in [-0.4, -0.2) is 40.4 Å². The van der Waals surface area contributed by atoms with Gasteiger partial charge in [0.15, 0.2) is 0 Å². The zero-order valence-corrected chi connectivity index (χ0v) is 13.4. The average Bonchev–Trinajstić information content (AvgIpc) is 3.21. The quantitative estimate of drug-likeness (QED) is 0.838. The van der Waals surface area contributed by atoms with Crippen LogP contribution in [0.2, 0.25) is 0 Å². The molecule has 2 heterocycles. The molecule has 0 radical (unpaired) electrons. The first-order valence-corrected chi connectivity index (χ1v) is 8.85. The Morgan fingerprint density at radius 2 is 2.14 bits per heavy atom. The molecule has 0 bridgehead atoms. The summed E-state index contributed by atoms with van der Waals surface area (Å²) in [6.45, 7) is 6.82. The third-order valence-electron chi connectivity index (χ3n) is 4.93. The molecule has 4 heteroatoms. The number of hydrogen-bond acceptors (Lipinski definition) is 3. The van der Waals surface area contributed by atoms with Crippen molar-refractivity contribution < 1.29 is 0 Å². The van der Waals surface area contributed by atoms with Crippen LogP contribution in [-0.2, 0) is 6.54 Å². The number of nitrogens with one attached hydrogen (secondary N) is 1. The molecule has 118 valence electrons. The molecule has 0 aromatic carbocycles. The maximum atomic E-state index is 4.84. The molecule has 1 N–H and O–H groups in total. The number of hydrogen-bond donors (Lipinski definition) is 1. The summed E-state index contributed by atoms with van der Waals surface area (Å²) in [5.41, 5.74) is 1.24. The van der Waals surface area contributed by atoms with Gasteiger partial charge < -0.3 is 5.32 Å². The highest BCUT2D eigenvalue weighted by Crippen LogP contribution is 2.28. The Bertz CT molecular complexity index is 416. The number of rotatable bonds is 7. The summed E-state index contributed by atoms with van der Waals surface area (Å²) in [6, 6.07) is 3.58. The van der Waals surface area contributed by atoms with Gasteiger partial charge in [-0.15, -0.1) is 0 Å². The topological polar surface area (TPSA) is 33.1 Å². The van der Waals surface area contributed by atoms with Crippen LogP contribution >= 0.6 is 0 Å². The molecular weight excluding hydrogens is 260 g/mol. The van der Waals surface area contributed by atoms with E-state index in [0.29, 0.717) is 12.1 Å². The molecular formula is C17H30N4. The van der Waals surface area contributed by atoms with Crippen LogP contribution in [0.3, 0.4) is 0 Å². The van der Waals surface area contributed by atoms with Gasteiger partial charge in [-0.25, -0.2) is 0 Å². The van der Waals surface area contributed by atoms with Crippen molar-refractivity contribution in [2.45, 2.75) is 70.5 Å². The molecule has 0 amide bonds. The molecule has 4 nitrogen and oxygen atoms in total. The van der Waals surface area contributed by atoms with Crippen LogP contribution in [0.15, 0.2) is 12.3 Å². The lowest BCUT2D eigenvalue weighted by atomic mass is 10.2. The number of nitrogens with zero attached hydrogens (tertiary/aromatic N) is 3. The first kappa shape index (κ1) is 15.0. The molecule has 1 unspecified atom stereocenters. The van der Waals surface area contributed by atoms with Gasteiger partial charge in [0.1, 0.15) is 0 Å². The first-order valence-electron chi connectivity index (χ1n) is 8.85. The van der Waals surface area contributed by atoms with Gasteiger partial charge in [-0.3, -0.25) is 9.58 Å². The zero-order valence-electron chi connectivity index (χ0n) is 13.4. The molecule has 1 saturated carbocycles. The molecule has 21 heavy (non-hydrogen) atoms. The maximum absolute atomic E-state index is 4.84. The van der Waals surface area contributed by atoms with E-state index < -0.39 is 0 Å². The van der Waals surface area contributed by atoms with E-state index >= 15 is 0 Å². The SMILES string of the molecule is CCCN(Cc1ccn(C2CCCC2)n1)CC1CCCN1. The average molecular weight is 290 g/mol. The third kappa shape index (κ3) is 4.07. The van der Waals surface area contributed by atoms with Gasteiger partial charge in [0.25, 0.3) is 0 Å². The van der Waals surface area contributed by atoms with Crippen molar-refractivity contribution in [3.8, 4) is 0 Å². The second-order valence-corrected chi connectivity index (χ2v) is 6.75. The van der Waals surface area contributed by atoms with E-state index in [1.807, 2.05) is 0 Å². The van der Waals surface area contributed by atoms with Crippen molar-refractivity contribution in [3.05, 3.63) is 18.0 Å². The second kappa shape index (κ2) is 7.41. The smallest absolute Gasteiger partial charge is 0.0764 e. The van der Waals surface area contributed by atoms with E-state index in [1.54, 1.807) is 0 Å². The summed E-state index contributed by atoms with van der Waals surface area (Å²) in [5, 5.41) is 8.46. The van der Waals surface area contributed by atoms with Crippen LogP contribution in [0.5, 0.6) is 0 Å². The van der Waals surface area contributed by atoms with Crippen molar-refractivity contribution in [1.82, 2.24) is 20.0 Å². The van der Waals surface area contributed by atoms with Gasteiger partial charge >= 0.3 is 0 Å². The molecule has 1 aliphatic carbocycles. The van der Waals surface area contributed by atoms with Crippen LogP contribution in [0.1, 0.15) is 63.6 Å². The first-order chi connectivity index (χ1) is 10.3. The third-order valence-corrected chi connectivity index (χ3v) is 4.93. The Hall–Kier alpha value is -0.870. The highest BCUT2D eigenvalue weighted by Gasteiger charge is 2.20. The van der Waals surface area contributed by atoms with Crippen LogP contribution in [0.25, 0.3) is 0 Å². The van der Waals surface area contributed by atoms with Crippen molar-refractivity contribution >= 4 is 0 Å². The van der Waals surface area contributed by atoms with Gasteiger partial charge in [-0.1, -0.05) is 19.8 Å². The van der Waals surface area contributed by atoms with E-state index in [2.05, 4.69) is 34.1 Å². The highest BCUT2D eigenvalue weighted by atomic mass is 15.3. The largest absolute Gasteiger partial charge is 0.313 e. The lowest BCUT2D eigenvalue weighted by Crippen LogP contribution is -2.37. The van der Waals surface area contributed by atoms with Crippen LogP contribution < -0.4 is 5.32 Å². The molecule has 0 spiro atoms. The Balaban J connectivity index is 1.56. The molecule has 1 aliphatic heterocycles. The van der Waals surface area contributed by atoms with Crippen LogP contribution in [0, 0.1) is 0 Å². The standard InChI is InChI=1S/C17H30N4/c1-2-11-20(13-15-6-5-10-18-15)14-16-9-12-21(19-16)17-7-3-4-8-17/h9,12,15,17-18H,2-8,10-11,13-14H2,1H3. The predicted octanol–water partition coefficient (Wildman–Crippen LogP) is 2.96. The molecule has 3 rings (SSSR count).